The quantitative estimate of drug-likeness (QED) is 0.845. The first-order valence-electron chi connectivity index (χ1n) is 8.38. The lowest BCUT2D eigenvalue weighted by Crippen LogP contribution is -2.46. The van der Waals surface area contributed by atoms with Gasteiger partial charge in [0.25, 0.3) is 0 Å². The van der Waals surface area contributed by atoms with Gasteiger partial charge in [-0.1, -0.05) is 36.8 Å². The summed E-state index contributed by atoms with van der Waals surface area (Å²) in [6.45, 7) is 1.26. The first-order chi connectivity index (χ1) is 10.7. The van der Waals surface area contributed by atoms with Crippen LogP contribution in [0.15, 0.2) is 30.3 Å². The molecule has 0 unspecified atom stereocenters. The van der Waals surface area contributed by atoms with Crippen LogP contribution in [0.3, 0.4) is 0 Å². The van der Waals surface area contributed by atoms with Crippen LogP contribution in [0.1, 0.15) is 37.7 Å². The summed E-state index contributed by atoms with van der Waals surface area (Å²) >= 11 is 0. The Labute approximate surface area is 132 Å². The van der Waals surface area contributed by atoms with E-state index in [-0.39, 0.29) is 23.5 Å². The fraction of sp³-hybridized carbons (Fsp3) is 0.611. The maximum absolute atomic E-state index is 12.3. The van der Waals surface area contributed by atoms with Gasteiger partial charge in [-0.25, -0.2) is 0 Å². The summed E-state index contributed by atoms with van der Waals surface area (Å²) < 4.78 is 5.67. The molecule has 22 heavy (non-hydrogen) atoms. The number of rotatable bonds is 6. The molecule has 2 aliphatic rings. The Balaban J connectivity index is 1.52. The molecule has 2 atom stereocenters. The average Bonchev–Trinajstić information content (AvgIpc) is 2.99. The molecule has 0 radical (unpaired) electrons. The summed E-state index contributed by atoms with van der Waals surface area (Å²) in [7, 11) is 0. The van der Waals surface area contributed by atoms with E-state index in [2.05, 4.69) is 29.6 Å². The second kappa shape index (κ2) is 6.80. The van der Waals surface area contributed by atoms with Crippen LogP contribution < -0.4 is 11.1 Å². The zero-order valence-electron chi connectivity index (χ0n) is 13.1. The molecule has 0 spiro atoms. The molecule has 4 heteroatoms. The van der Waals surface area contributed by atoms with Crippen LogP contribution in [0.2, 0.25) is 0 Å². The Morgan fingerprint density at radius 1 is 1.27 bits per heavy atom. The van der Waals surface area contributed by atoms with Gasteiger partial charge in [0.2, 0.25) is 5.91 Å². The van der Waals surface area contributed by atoms with Crippen molar-refractivity contribution < 1.29 is 9.53 Å². The number of nitrogens with one attached hydrogen (secondary N) is 1. The van der Waals surface area contributed by atoms with Crippen molar-refractivity contribution in [2.24, 2.45) is 11.1 Å². The third kappa shape index (κ3) is 3.50. The zero-order valence-corrected chi connectivity index (χ0v) is 13.1. The summed E-state index contributed by atoms with van der Waals surface area (Å²) in [6, 6.07) is 10.6. The lowest BCUT2D eigenvalue weighted by atomic mass is 9.65. The molecule has 120 valence electrons. The van der Waals surface area contributed by atoms with E-state index >= 15 is 0 Å². The molecule has 1 aromatic rings. The minimum atomic E-state index is -0.303. The number of carbonyl (C=O) groups excluding carboxylic acids is 1. The van der Waals surface area contributed by atoms with E-state index < -0.39 is 0 Å². The lowest BCUT2D eigenvalue weighted by Gasteiger charge is -2.42. The van der Waals surface area contributed by atoms with Gasteiger partial charge in [-0.3, -0.25) is 4.79 Å². The molecule has 1 amide bonds. The van der Waals surface area contributed by atoms with Gasteiger partial charge in [0, 0.05) is 13.1 Å². The monoisotopic (exact) mass is 302 g/mol. The van der Waals surface area contributed by atoms with Crippen molar-refractivity contribution in [1.82, 2.24) is 5.32 Å². The zero-order chi connectivity index (χ0) is 15.4. The van der Waals surface area contributed by atoms with Crippen molar-refractivity contribution in [3.05, 3.63) is 35.9 Å². The summed E-state index contributed by atoms with van der Waals surface area (Å²) in [4.78, 5) is 12.3. The van der Waals surface area contributed by atoms with Gasteiger partial charge in [-0.05, 0) is 43.1 Å². The van der Waals surface area contributed by atoms with Gasteiger partial charge in [0.05, 0.1) is 6.10 Å². The number of ether oxygens (including phenoxy) is 1. The molecule has 0 aromatic heterocycles. The minimum Gasteiger partial charge on any atom is -0.364 e. The maximum atomic E-state index is 12.3. The second-order valence-corrected chi connectivity index (χ2v) is 6.79. The van der Waals surface area contributed by atoms with Gasteiger partial charge in [0.15, 0.2) is 0 Å². The first kappa shape index (κ1) is 15.5. The fourth-order valence-electron chi connectivity index (χ4n) is 3.58. The van der Waals surface area contributed by atoms with Crippen LogP contribution in [0, 0.1) is 5.41 Å². The second-order valence-electron chi connectivity index (χ2n) is 6.79. The fourth-order valence-corrected chi connectivity index (χ4v) is 3.58. The molecule has 1 aliphatic heterocycles. The third-order valence-electron chi connectivity index (χ3n) is 5.14. The molecule has 1 heterocycles. The van der Waals surface area contributed by atoms with Crippen LogP contribution in [0.4, 0.5) is 0 Å². The highest BCUT2D eigenvalue weighted by Crippen LogP contribution is 2.43. The van der Waals surface area contributed by atoms with Crippen molar-refractivity contribution in [3.63, 3.8) is 0 Å². The number of amides is 1. The smallest absolute Gasteiger partial charge is 0.249 e. The highest BCUT2D eigenvalue weighted by molar-refractivity contribution is 5.81. The van der Waals surface area contributed by atoms with Crippen molar-refractivity contribution in [2.45, 2.75) is 50.7 Å². The molecule has 2 fully saturated rings. The van der Waals surface area contributed by atoms with Crippen molar-refractivity contribution in [2.75, 3.05) is 13.1 Å². The highest BCUT2D eigenvalue weighted by Gasteiger charge is 2.38. The largest absolute Gasteiger partial charge is 0.364 e. The Hall–Kier alpha value is -1.39. The number of benzene rings is 1. The standard InChI is InChI=1S/C18H26N2O2/c19-12-15-7-8-16(22-15)17(21)20-13-18(9-4-10-18)11-14-5-2-1-3-6-14/h1-3,5-6,15-16H,4,7-13,19H2,(H,20,21)/t15-,16+/m1/s1. The highest BCUT2D eigenvalue weighted by atomic mass is 16.5. The molecule has 3 rings (SSSR count). The van der Waals surface area contributed by atoms with Gasteiger partial charge >= 0.3 is 0 Å². The maximum Gasteiger partial charge on any atom is 0.249 e. The number of hydrogen-bond donors (Lipinski definition) is 2. The van der Waals surface area contributed by atoms with Crippen LogP contribution in [-0.2, 0) is 16.0 Å². The van der Waals surface area contributed by atoms with E-state index in [1.54, 1.807) is 0 Å². The predicted octanol–water partition coefficient (Wildman–Crippen LogP) is 2.02. The SMILES string of the molecule is NC[C@H]1CC[C@@H](C(=O)NCC2(Cc3ccccc3)CCC2)O1. The molecule has 3 N–H and O–H groups in total. The summed E-state index contributed by atoms with van der Waals surface area (Å²) in [5.74, 6) is 0.0373. The van der Waals surface area contributed by atoms with E-state index in [1.807, 2.05) is 6.07 Å². The lowest BCUT2D eigenvalue weighted by molar-refractivity contribution is -0.132. The number of nitrogens with two attached hydrogens (primary N) is 1. The molecule has 0 bridgehead atoms. The number of hydrogen-bond acceptors (Lipinski definition) is 3. The van der Waals surface area contributed by atoms with Gasteiger partial charge in [-0.15, -0.1) is 0 Å². The van der Waals surface area contributed by atoms with E-state index in [1.165, 1.54) is 24.8 Å². The molecular weight excluding hydrogens is 276 g/mol. The van der Waals surface area contributed by atoms with Gasteiger partial charge < -0.3 is 15.8 Å². The van der Waals surface area contributed by atoms with E-state index in [4.69, 9.17) is 10.5 Å². The van der Waals surface area contributed by atoms with Crippen LogP contribution in [0.25, 0.3) is 0 Å². The van der Waals surface area contributed by atoms with E-state index in [0.717, 1.165) is 25.8 Å². The average molecular weight is 302 g/mol. The summed E-state index contributed by atoms with van der Waals surface area (Å²) in [5.41, 5.74) is 7.20. The molecule has 1 aromatic carbocycles. The number of carbonyl (C=O) groups is 1. The van der Waals surface area contributed by atoms with Crippen molar-refractivity contribution >= 4 is 5.91 Å². The van der Waals surface area contributed by atoms with Crippen LogP contribution in [0.5, 0.6) is 0 Å². The van der Waals surface area contributed by atoms with E-state index in [0.29, 0.717) is 6.54 Å². The Morgan fingerprint density at radius 3 is 2.64 bits per heavy atom. The Morgan fingerprint density at radius 2 is 2.05 bits per heavy atom. The van der Waals surface area contributed by atoms with Gasteiger partial charge in [0.1, 0.15) is 6.10 Å². The van der Waals surface area contributed by atoms with Crippen LogP contribution >= 0.6 is 0 Å². The molecular formula is C18H26N2O2. The Kier molecular flexibility index (Phi) is 4.79. The van der Waals surface area contributed by atoms with E-state index in [9.17, 15) is 4.79 Å². The van der Waals surface area contributed by atoms with Crippen LogP contribution in [-0.4, -0.2) is 31.2 Å². The topological polar surface area (TPSA) is 64.4 Å². The van der Waals surface area contributed by atoms with Gasteiger partial charge in [-0.2, -0.15) is 0 Å². The first-order valence-corrected chi connectivity index (χ1v) is 8.38. The predicted molar refractivity (Wildman–Crippen MR) is 86.4 cm³/mol. The van der Waals surface area contributed by atoms with Crippen molar-refractivity contribution in [1.29, 1.82) is 0 Å². The summed E-state index contributed by atoms with van der Waals surface area (Å²) in [5, 5.41) is 3.13. The molecule has 1 saturated carbocycles. The van der Waals surface area contributed by atoms with Crippen molar-refractivity contribution in [3.8, 4) is 0 Å². The molecule has 4 nitrogen and oxygen atoms in total. The summed E-state index contributed by atoms with van der Waals surface area (Å²) in [6.07, 6.45) is 6.13. The minimum absolute atomic E-state index is 0.0373. The molecule has 1 aliphatic carbocycles. The normalized spacial score (nSPS) is 26.4. The molecule has 1 saturated heterocycles. The Bertz CT molecular complexity index is 499. The third-order valence-corrected chi connectivity index (χ3v) is 5.14.